The van der Waals surface area contributed by atoms with Crippen LogP contribution in [0.25, 0.3) is 0 Å². The first-order chi connectivity index (χ1) is 7.49. The third kappa shape index (κ3) is 6.80. The van der Waals surface area contributed by atoms with E-state index in [0.29, 0.717) is 19.1 Å². The van der Waals surface area contributed by atoms with Gasteiger partial charge < -0.3 is 15.0 Å². The molecule has 0 radical (unpaired) electrons. The predicted molar refractivity (Wildman–Crippen MR) is 66.4 cm³/mol. The Morgan fingerprint density at radius 2 is 1.94 bits per heavy atom. The van der Waals surface area contributed by atoms with Crippen molar-refractivity contribution in [2.24, 2.45) is 5.92 Å². The van der Waals surface area contributed by atoms with Crippen LogP contribution in [0.2, 0.25) is 0 Å². The van der Waals surface area contributed by atoms with Gasteiger partial charge in [0.1, 0.15) is 0 Å². The van der Waals surface area contributed by atoms with Crippen LogP contribution in [0.5, 0.6) is 0 Å². The minimum Gasteiger partial charge on any atom is -0.383 e. The number of carbonyl (C=O) groups excluding carboxylic acids is 1. The predicted octanol–water partition coefficient (Wildman–Crippen LogP) is 1.12. The highest BCUT2D eigenvalue weighted by atomic mass is 16.5. The number of hydrogen-bond donors (Lipinski definition) is 1. The molecule has 0 atom stereocenters. The summed E-state index contributed by atoms with van der Waals surface area (Å²) in [6.07, 6.45) is 0. The normalized spacial score (nSPS) is 11.2. The number of hydrogen-bond acceptors (Lipinski definition) is 3. The Morgan fingerprint density at radius 1 is 1.31 bits per heavy atom. The fraction of sp³-hybridized carbons (Fsp3) is 0.917. The molecule has 0 saturated carbocycles. The van der Waals surface area contributed by atoms with Gasteiger partial charge in [-0.1, -0.05) is 13.8 Å². The highest BCUT2D eigenvalue weighted by molar-refractivity contribution is 5.78. The molecule has 96 valence electrons. The SMILES string of the molecule is COCCNCC(=O)N(CC(C)C)C(C)C. The zero-order chi connectivity index (χ0) is 12.6. The molecule has 0 rings (SSSR count). The van der Waals surface area contributed by atoms with E-state index in [0.717, 1.165) is 13.1 Å². The monoisotopic (exact) mass is 230 g/mol. The van der Waals surface area contributed by atoms with E-state index in [2.05, 4.69) is 33.0 Å². The van der Waals surface area contributed by atoms with Gasteiger partial charge in [-0.3, -0.25) is 4.79 Å². The molecular formula is C12H26N2O2. The molecule has 0 spiro atoms. The summed E-state index contributed by atoms with van der Waals surface area (Å²) in [4.78, 5) is 13.8. The lowest BCUT2D eigenvalue weighted by Gasteiger charge is -2.28. The number of nitrogens with zero attached hydrogens (tertiary/aromatic N) is 1. The Kier molecular flexibility index (Phi) is 8.21. The summed E-state index contributed by atoms with van der Waals surface area (Å²) in [5.74, 6) is 0.671. The minimum atomic E-state index is 0.166. The average Bonchev–Trinajstić information content (AvgIpc) is 2.20. The number of nitrogens with one attached hydrogen (secondary N) is 1. The molecule has 16 heavy (non-hydrogen) atoms. The Morgan fingerprint density at radius 3 is 2.38 bits per heavy atom. The van der Waals surface area contributed by atoms with Crippen LogP contribution in [0.15, 0.2) is 0 Å². The van der Waals surface area contributed by atoms with Crippen molar-refractivity contribution in [3.05, 3.63) is 0 Å². The van der Waals surface area contributed by atoms with Gasteiger partial charge in [0.05, 0.1) is 13.2 Å². The molecule has 0 aromatic rings. The third-order valence-corrected chi connectivity index (χ3v) is 2.26. The van der Waals surface area contributed by atoms with E-state index in [9.17, 15) is 4.79 Å². The largest absolute Gasteiger partial charge is 0.383 e. The number of rotatable bonds is 8. The number of carbonyl (C=O) groups is 1. The molecule has 0 aromatic carbocycles. The zero-order valence-corrected chi connectivity index (χ0v) is 11.2. The van der Waals surface area contributed by atoms with Gasteiger partial charge in [0.15, 0.2) is 0 Å². The van der Waals surface area contributed by atoms with Crippen LogP contribution in [0.1, 0.15) is 27.7 Å². The fourth-order valence-electron chi connectivity index (χ4n) is 1.47. The van der Waals surface area contributed by atoms with E-state index >= 15 is 0 Å². The van der Waals surface area contributed by atoms with Crippen molar-refractivity contribution in [2.45, 2.75) is 33.7 Å². The van der Waals surface area contributed by atoms with E-state index in [1.54, 1.807) is 7.11 Å². The van der Waals surface area contributed by atoms with Crippen LogP contribution in [0, 0.1) is 5.92 Å². The van der Waals surface area contributed by atoms with Crippen LogP contribution in [0.4, 0.5) is 0 Å². The summed E-state index contributed by atoms with van der Waals surface area (Å²) in [6.45, 7) is 10.9. The third-order valence-electron chi connectivity index (χ3n) is 2.26. The topological polar surface area (TPSA) is 41.6 Å². The van der Waals surface area contributed by atoms with Crippen LogP contribution >= 0.6 is 0 Å². The lowest BCUT2D eigenvalue weighted by atomic mass is 10.2. The second-order valence-corrected chi connectivity index (χ2v) is 4.70. The summed E-state index contributed by atoms with van der Waals surface area (Å²) in [6, 6.07) is 0.263. The van der Waals surface area contributed by atoms with Crippen LogP contribution in [0.3, 0.4) is 0 Å². The second-order valence-electron chi connectivity index (χ2n) is 4.70. The van der Waals surface area contributed by atoms with Gasteiger partial charge in [-0.05, 0) is 19.8 Å². The van der Waals surface area contributed by atoms with Crippen LogP contribution in [-0.4, -0.2) is 50.2 Å². The Labute approximate surface area is 99.3 Å². The number of ether oxygens (including phenoxy) is 1. The van der Waals surface area contributed by atoms with Crippen molar-refractivity contribution in [1.82, 2.24) is 10.2 Å². The van der Waals surface area contributed by atoms with Gasteiger partial charge in [-0.2, -0.15) is 0 Å². The summed E-state index contributed by atoms with van der Waals surface area (Å²) < 4.78 is 4.91. The van der Waals surface area contributed by atoms with Crippen molar-refractivity contribution in [3.63, 3.8) is 0 Å². The second kappa shape index (κ2) is 8.53. The van der Waals surface area contributed by atoms with Gasteiger partial charge in [0.2, 0.25) is 5.91 Å². The van der Waals surface area contributed by atoms with E-state index in [1.807, 2.05) is 4.90 Å². The maximum absolute atomic E-state index is 11.9. The Balaban J connectivity index is 3.97. The van der Waals surface area contributed by atoms with Gasteiger partial charge in [0, 0.05) is 26.2 Å². The molecule has 0 heterocycles. The van der Waals surface area contributed by atoms with E-state index < -0.39 is 0 Å². The summed E-state index contributed by atoms with van der Waals surface area (Å²) in [5, 5.41) is 3.08. The molecule has 0 bridgehead atoms. The Hall–Kier alpha value is -0.610. The quantitative estimate of drug-likeness (QED) is 0.635. The van der Waals surface area contributed by atoms with Crippen molar-refractivity contribution in [2.75, 3.05) is 33.4 Å². The first-order valence-electron chi connectivity index (χ1n) is 5.98. The molecule has 0 aliphatic rings. The lowest BCUT2D eigenvalue weighted by Crippen LogP contribution is -2.44. The van der Waals surface area contributed by atoms with E-state index in [4.69, 9.17) is 4.74 Å². The van der Waals surface area contributed by atoms with Gasteiger partial charge in [-0.15, -0.1) is 0 Å². The average molecular weight is 230 g/mol. The van der Waals surface area contributed by atoms with Gasteiger partial charge >= 0.3 is 0 Å². The van der Waals surface area contributed by atoms with Crippen molar-refractivity contribution < 1.29 is 9.53 Å². The van der Waals surface area contributed by atoms with Crippen molar-refractivity contribution >= 4 is 5.91 Å². The highest BCUT2D eigenvalue weighted by Crippen LogP contribution is 2.04. The van der Waals surface area contributed by atoms with E-state index in [1.165, 1.54) is 0 Å². The molecule has 1 N–H and O–H groups in total. The standard InChI is InChI=1S/C12H26N2O2/c1-10(2)9-14(11(3)4)12(15)8-13-6-7-16-5/h10-11,13H,6-9H2,1-5H3. The molecular weight excluding hydrogens is 204 g/mol. The van der Waals surface area contributed by atoms with Crippen molar-refractivity contribution in [3.8, 4) is 0 Å². The Bertz CT molecular complexity index is 193. The summed E-state index contributed by atoms with van der Waals surface area (Å²) >= 11 is 0. The minimum absolute atomic E-state index is 0.166. The molecule has 0 saturated heterocycles. The molecule has 0 aromatic heterocycles. The summed E-state index contributed by atoms with van der Waals surface area (Å²) in [7, 11) is 1.66. The van der Waals surface area contributed by atoms with Crippen molar-refractivity contribution in [1.29, 1.82) is 0 Å². The molecule has 1 amide bonds. The summed E-state index contributed by atoms with van der Waals surface area (Å²) in [5.41, 5.74) is 0. The number of amides is 1. The maximum atomic E-state index is 11.9. The molecule has 0 aliphatic heterocycles. The number of methoxy groups -OCH3 is 1. The zero-order valence-electron chi connectivity index (χ0n) is 11.2. The maximum Gasteiger partial charge on any atom is 0.236 e. The van der Waals surface area contributed by atoms with Crippen LogP contribution < -0.4 is 5.32 Å². The first-order valence-corrected chi connectivity index (χ1v) is 5.98. The van der Waals surface area contributed by atoms with Gasteiger partial charge in [-0.25, -0.2) is 0 Å². The molecule has 0 fully saturated rings. The molecule has 4 nitrogen and oxygen atoms in total. The lowest BCUT2D eigenvalue weighted by molar-refractivity contribution is -0.132. The first kappa shape index (κ1) is 15.4. The van der Waals surface area contributed by atoms with E-state index in [-0.39, 0.29) is 11.9 Å². The molecule has 0 aliphatic carbocycles. The smallest absolute Gasteiger partial charge is 0.236 e. The van der Waals surface area contributed by atoms with Gasteiger partial charge in [0.25, 0.3) is 0 Å². The molecule has 4 heteroatoms. The fourth-order valence-corrected chi connectivity index (χ4v) is 1.47. The molecule has 0 unspecified atom stereocenters. The highest BCUT2D eigenvalue weighted by Gasteiger charge is 2.17. The van der Waals surface area contributed by atoms with Crippen LogP contribution in [-0.2, 0) is 9.53 Å².